The average molecular weight is 247 g/mol. The number of hydrogen-bond acceptors (Lipinski definition) is 2. The molecule has 0 spiro atoms. The molecule has 4 heteroatoms. The van der Waals surface area contributed by atoms with Crippen LogP contribution in [0.1, 0.15) is 12.5 Å². The molecule has 4 nitrogen and oxygen atoms in total. The number of amides is 2. The largest absolute Gasteiger partial charge is 0.330 e. The Balaban J connectivity index is 2.21. The number of urea groups is 1. The molecule has 0 aromatic heterocycles. The van der Waals surface area contributed by atoms with Crippen molar-refractivity contribution < 1.29 is 4.79 Å². The van der Waals surface area contributed by atoms with Crippen LogP contribution in [0.5, 0.6) is 0 Å². The number of benzene rings is 1. The number of aryl methyl sites for hydroxylation is 1. The molecule has 2 amide bonds. The van der Waals surface area contributed by atoms with Gasteiger partial charge in [-0.25, -0.2) is 4.79 Å². The molecule has 1 unspecified atom stereocenters. The molecule has 18 heavy (non-hydrogen) atoms. The van der Waals surface area contributed by atoms with Crippen molar-refractivity contribution in [3.63, 3.8) is 0 Å². The summed E-state index contributed by atoms with van der Waals surface area (Å²) in [4.78, 5) is 15.7. The van der Waals surface area contributed by atoms with Gasteiger partial charge in [0, 0.05) is 31.7 Å². The van der Waals surface area contributed by atoms with Crippen molar-refractivity contribution >= 4 is 11.7 Å². The van der Waals surface area contributed by atoms with Gasteiger partial charge in [-0.05, 0) is 30.7 Å². The van der Waals surface area contributed by atoms with Gasteiger partial charge in [0.15, 0.2) is 0 Å². The Morgan fingerprint density at radius 3 is 2.50 bits per heavy atom. The van der Waals surface area contributed by atoms with Crippen LogP contribution in [-0.2, 0) is 6.42 Å². The first kappa shape index (κ1) is 12.9. The fourth-order valence-electron chi connectivity index (χ4n) is 2.34. The Kier molecular flexibility index (Phi) is 3.87. The second-order valence-corrected chi connectivity index (χ2v) is 4.90. The summed E-state index contributed by atoms with van der Waals surface area (Å²) < 4.78 is 0. The summed E-state index contributed by atoms with van der Waals surface area (Å²) in [7, 11) is 1.83. The Hall–Kier alpha value is -1.55. The lowest BCUT2D eigenvalue weighted by Gasteiger charge is -2.38. The normalized spacial score (nSPS) is 20.4. The smallest absolute Gasteiger partial charge is 0.324 e. The van der Waals surface area contributed by atoms with Gasteiger partial charge in [-0.3, -0.25) is 4.90 Å². The van der Waals surface area contributed by atoms with Crippen molar-refractivity contribution in [3.8, 4) is 0 Å². The van der Waals surface area contributed by atoms with E-state index in [1.807, 2.05) is 24.1 Å². The molecule has 2 N–H and O–H groups in total. The van der Waals surface area contributed by atoms with Crippen molar-refractivity contribution in [2.45, 2.75) is 13.3 Å². The molecule has 2 rings (SSSR count). The van der Waals surface area contributed by atoms with Gasteiger partial charge >= 0.3 is 6.03 Å². The molecule has 1 fully saturated rings. The maximum atomic E-state index is 12.2. The zero-order valence-electron chi connectivity index (χ0n) is 11.1. The highest BCUT2D eigenvalue weighted by Crippen LogP contribution is 2.22. The van der Waals surface area contributed by atoms with Gasteiger partial charge in [-0.1, -0.05) is 19.1 Å². The van der Waals surface area contributed by atoms with E-state index in [2.05, 4.69) is 19.1 Å². The molecule has 98 valence electrons. The molecule has 1 aromatic rings. The lowest BCUT2D eigenvalue weighted by molar-refractivity contribution is 0.194. The molecule has 1 atom stereocenters. The van der Waals surface area contributed by atoms with E-state index in [1.165, 1.54) is 5.56 Å². The maximum Gasteiger partial charge on any atom is 0.324 e. The molecule has 1 heterocycles. The Labute approximate surface area is 108 Å². The molecule has 0 bridgehead atoms. The van der Waals surface area contributed by atoms with Crippen LogP contribution in [0.4, 0.5) is 10.5 Å². The molecule has 0 radical (unpaired) electrons. The van der Waals surface area contributed by atoms with Crippen molar-refractivity contribution in [2.24, 2.45) is 11.7 Å². The van der Waals surface area contributed by atoms with Crippen LogP contribution in [-0.4, -0.2) is 37.6 Å². The second kappa shape index (κ2) is 5.40. The van der Waals surface area contributed by atoms with E-state index in [0.717, 1.165) is 18.7 Å². The van der Waals surface area contributed by atoms with Crippen LogP contribution < -0.4 is 10.6 Å². The van der Waals surface area contributed by atoms with Crippen LogP contribution >= 0.6 is 0 Å². The van der Waals surface area contributed by atoms with Crippen molar-refractivity contribution in [3.05, 3.63) is 29.8 Å². The second-order valence-electron chi connectivity index (χ2n) is 4.90. The summed E-state index contributed by atoms with van der Waals surface area (Å²) in [5.41, 5.74) is 7.98. The first-order valence-corrected chi connectivity index (χ1v) is 6.47. The summed E-state index contributed by atoms with van der Waals surface area (Å²) in [6.45, 7) is 4.20. The molecule has 1 aromatic carbocycles. The van der Waals surface area contributed by atoms with Crippen LogP contribution in [0.15, 0.2) is 24.3 Å². The Morgan fingerprint density at radius 2 is 1.94 bits per heavy atom. The van der Waals surface area contributed by atoms with Gasteiger partial charge in [0.05, 0.1) is 0 Å². The number of anilines is 1. The number of nitrogens with zero attached hydrogens (tertiary/aromatic N) is 2. The van der Waals surface area contributed by atoms with Crippen LogP contribution in [0, 0.1) is 5.92 Å². The number of carbonyl (C=O) groups excluding carboxylic acids is 1. The van der Waals surface area contributed by atoms with Gasteiger partial charge < -0.3 is 10.6 Å². The molecular weight excluding hydrogens is 226 g/mol. The lowest BCUT2D eigenvalue weighted by atomic mass is 10.1. The summed E-state index contributed by atoms with van der Waals surface area (Å²) in [5.74, 6) is 0.346. The first-order valence-electron chi connectivity index (χ1n) is 6.47. The molecule has 1 aliphatic rings. The highest BCUT2D eigenvalue weighted by Gasteiger charge is 2.29. The topological polar surface area (TPSA) is 49.6 Å². The van der Waals surface area contributed by atoms with Gasteiger partial charge in [0.2, 0.25) is 0 Å². The fourth-order valence-corrected chi connectivity index (χ4v) is 2.34. The van der Waals surface area contributed by atoms with Crippen LogP contribution in [0.2, 0.25) is 0 Å². The summed E-state index contributed by atoms with van der Waals surface area (Å²) in [5, 5.41) is 0. The van der Waals surface area contributed by atoms with Crippen molar-refractivity contribution in [1.29, 1.82) is 0 Å². The number of hydrogen-bond donors (Lipinski definition) is 1. The first-order chi connectivity index (χ1) is 8.65. The van der Waals surface area contributed by atoms with Crippen LogP contribution in [0.3, 0.4) is 0 Å². The minimum absolute atomic E-state index is 0.0592. The molecule has 0 saturated carbocycles. The molecular formula is C14H21N3O. The van der Waals surface area contributed by atoms with E-state index in [0.29, 0.717) is 19.0 Å². The summed E-state index contributed by atoms with van der Waals surface area (Å²) in [6, 6.07) is 8.25. The number of carbonyl (C=O) groups is 1. The van der Waals surface area contributed by atoms with Gasteiger partial charge in [0.1, 0.15) is 0 Å². The number of rotatable bonds is 3. The van der Waals surface area contributed by atoms with E-state index in [4.69, 9.17) is 5.73 Å². The van der Waals surface area contributed by atoms with E-state index in [9.17, 15) is 4.79 Å². The van der Waals surface area contributed by atoms with Gasteiger partial charge in [0.25, 0.3) is 0 Å². The minimum atomic E-state index is 0.0592. The fraction of sp³-hybridized carbons (Fsp3) is 0.500. The zero-order chi connectivity index (χ0) is 13.1. The Morgan fingerprint density at radius 1 is 1.28 bits per heavy atom. The van der Waals surface area contributed by atoms with Gasteiger partial charge in [-0.15, -0.1) is 0 Å². The standard InChI is InChI=1S/C14H21N3O/c1-3-11-4-6-13(7-5-11)17-10-12(8-15)9-16(2)14(17)18/h4-7,12H,3,8-10,15H2,1-2H3. The van der Waals surface area contributed by atoms with E-state index in [-0.39, 0.29) is 6.03 Å². The van der Waals surface area contributed by atoms with Crippen molar-refractivity contribution in [2.75, 3.05) is 31.6 Å². The molecule has 1 aliphatic heterocycles. The minimum Gasteiger partial charge on any atom is -0.330 e. The predicted molar refractivity (Wildman–Crippen MR) is 73.7 cm³/mol. The third-order valence-electron chi connectivity index (χ3n) is 3.52. The van der Waals surface area contributed by atoms with Gasteiger partial charge in [-0.2, -0.15) is 0 Å². The molecule has 1 saturated heterocycles. The summed E-state index contributed by atoms with van der Waals surface area (Å²) >= 11 is 0. The zero-order valence-corrected chi connectivity index (χ0v) is 11.1. The highest BCUT2D eigenvalue weighted by atomic mass is 16.2. The monoisotopic (exact) mass is 247 g/mol. The van der Waals surface area contributed by atoms with E-state index >= 15 is 0 Å². The third kappa shape index (κ3) is 2.48. The lowest BCUT2D eigenvalue weighted by Crippen LogP contribution is -2.53. The quantitative estimate of drug-likeness (QED) is 0.883. The average Bonchev–Trinajstić information content (AvgIpc) is 2.42. The van der Waals surface area contributed by atoms with E-state index < -0.39 is 0 Å². The predicted octanol–water partition coefficient (Wildman–Crippen LogP) is 1.70. The number of nitrogens with two attached hydrogens (primary N) is 1. The third-order valence-corrected chi connectivity index (χ3v) is 3.52. The SMILES string of the molecule is CCc1ccc(N2CC(CN)CN(C)C2=O)cc1. The van der Waals surface area contributed by atoms with Crippen LogP contribution in [0.25, 0.3) is 0 Å². The molecule has 0 aliphatic carbocycles. The highest BCUT2D eigenvalue weighted by molar-refractivity contribution is 5.92. The van der Waals surface area contributed by atoms with E-state index in [1.54, 1.807) is 4.90 Å². The maximum absolute atomic E-state index is 12.2. The summed E-state index contributed by atoms with van der Waals surface area (Å²) in [6.07, 6.45) is 1.01. The Bertz CT molecular complexity index is 416. The van der Waals surface area contributed by atoms with Crippen molar-refractivity contribution in [1.82, 2.24) is 4.90 Å².